The molecule has 4 rings (SSSR count). The second-order valence-corrected chi connectivity index (χ2v) is 6.73. The molecule has 0 aliphatic carbocycles. The smallest absolute Gasteiger partial charge is 0.228 e. The van der Waals surface area contributed by atoms with Crippen molar-refractivity contribution in [1.82, 2.24) is 19.8 Å². The van der Waals surface area contributed by atoms with Crippen LogP contribution in [0.4, 0.5) is 0 Å². The lowest BCUT2D eigenvalue weighted by Gasteiger charge is -2.40. The molecule has 2 fully saturated rings. The van der Waals surface area contributed by atoms with Gasteiger partial charge < -0.3 is 9.80 Å². The van der Waals surface area contributed by atoms with Gasteiger partial charge in [0.25, 0.3) is 0 Å². The summed E-state index contributed by atoms with van der Waals surface area (Å²) in [7, 11) is 0. The molecule has 2 amide bonds. The molecule has 0 aromatic carbocycles. The standard InChI is InChI=1S/C19H20N4O2/c24-18-9-15(11-22(18)10-14-4-7-20-8-5-14)19(25)23-12-16(13-23)17-3-1-2-6-21-17/h1-8,15-16H,9-13H2/t15-/m0/s1. The number of rotatable bonds is 4. The molecule has 0 N–H and O–H groups in total. The summed E-state index contributed by atoms with van der Waals surface area (Å²) in [5.41, 5.74) is 2.07. The summed E-state index contributed by atoms with van der Waals surface area (Å²) in [5, 5.41) is 0. The van der Waals surface area contributed by atoms with Crippen molar-refractivity contribution in [1.29, 1.82) is 0 Å². The van der Waals surface area contributed by atoms with Gasteiger partial charge in [0.15, 0.2) is 0 Å². The summed E-state index contributed by atoms with van der Waals surface area (Å²) in [6.45, 7) is 2.45. The second kappa shape index (κ2) is 6.63. The number of hydrogen-bond donors (Lipinski definition) is 0. The quantitative estimate of drug-likeness (QED) is 0.848. The van der Waals surface area contributed by atoms with Gasteiger partial charge in [-0.3, -0.25) is 19.6 Å². The molecule has 0 radical (unpaired) electrons. The fourth-order valence-corrected chi connectivity index (χ4v) is 3.52. The Morgan fingerprint density at radius 2 is 1.88 bits per heavy atom. The Morgan fingerprint density at radius 3 is 2.60 bits per heavy atom. The van der Waals surface area contributed by atoms with Crippen LogP contribution in [0.25, 0.3) is 0 Å². The van der Waals surface area contributed by atoms with Crippen LogP contribution in [0.1, 0.15) is 23.6 Å². The van der Waals surface area contributed by atoms with Crippen molar-refractivity contribution < 1.29 is 9.59 Å². The first-order valence-electron chi connectivity index (χ1n) is 8.57. The SMILES string of the molecule is O=C1C[C@H](C(=O)N2CC(c3ccccn3)C2)CN1Cc1ccncc1. The molecular weight excluding hydrogens is 316 g/mol. The third-order valence-corrected chi connectivity index (χ3v) is 4.99. The summed E-state index contributed by atoms with van der Waals surface area (Å²) < 4.78 is 0. The normalized spacial score (nSPS) is 20.6. The lowest BCUT2D eigenvalue weighted by atomic mass is 9.93. The van der Waals surface area contributed by atoms with Gasteiger partial charge in [0.05, 0.1) is 5.92 Å². The highest BCUT2D eigenvalue weighted by Gasteiger charge is 2.40. The highest BCUT2D eigenvalue weighted by atomic mass is 16.2. The van der Waals surface area contributed by atoms with E-state index in [0.717, 1.165) is 11.3 Å². The van der Waals surface area contributed by atoms with Crippen LogP contribution in [0.5, 0.6) is 0 Å². The minimum atomic E-state index is -0.223. The van der Waals surface area contributed by atoms with Gasteiger partial charge in [-0.15, -0.1) is 0 Å². The van der Waals surface area contributed by atoms with Crippen molar-refractivity contribution in [2.24, 2.45) is 5.92 Å². The Bertz CT molecular complexity index is 760. The molecule has 0 bridgehead atoms. The van der Waals surface area contributed by atoms with E-state index in [2.05, 4.69) is 9.97 Å². The molecular formula is C19H20N4O2. The summed E-state index contributed by atoms with van der Waals surface area (Å²) in [6, 6.07) is 9.67. The third kappa shape index (κ3) is 3.24. The monoisotopic (exact) mass is 336 g/mol. The molecule has 2 aromatic rings. The number of likely N-dealkylation sites (tertiary alicyclic amines) is 2. The minimum absolute atomic E-state index is 0.0527. The van der Waals surface area contributed by atoms with E-state index in [1.807, 2.05) is 35.2 Å². The van der Waals surface area contributed by atoms with E-state index >= 15 is 0 Å². The van der Waals surface area contributed by atoms with Crippen molar-refractivity contribution in [2.45, 2.75) is 18.9 Å². The molecule has 2 aromatic heterocycles. The van der Waals surface area contributed by atoms with Crippen LogP contribution < -0.4 is 0 Å². The van der Waals surface area contributed by atoms with Crippen LogP contribution in [0, 0.1) is 5.92 Å². The van der Waals surface area contributed by atoms with E-state index in [4.69, 9.17) is 0 Å². The third-order valence-electron chi connectivity index (χ3n) is 4.99. The Hall–Kier alpha value is -2.76. The zero-order valence-electron chi connectivity index (χ0n) is 13.9. The number of pyridine rings is 2. The average Bonchev–Trinajstić information content (AvgIpc) is 2.96. The molecule has 1 atom stereocenters. The molecule has 128 valence electrons. The van der Waals surface area contributed by atoms with Crippen LogP contribution in [0.2, 0.25) is 0 Å². The first kappa shape index (κ1) is 15.7. The summed E-state index contributed by atoms with van der Waals surface area (Å²) >= 11 is 0. The van der Waals surface area contributed by atoms with E-state index in [1.54, 1.807) is 23.5 Å². The van der Waals surface area contributed by atoms with Gasteiger partial charge in [-0.25, -0.2) is 0 Å². The first-order valence-corrected chi connectivity index (χ1v) is 8.57. The Morgan fingerprint density at radius 1 is 1.08 bits per heavy atom. The molecule has 6 nitrogen and oxygen atoms in total. The molecule has 2 aliphatic rings. The van der Waals surface area contributed by atoms with Gasteiger partial charge in [-0.1, -0.05) is 6.07 Å². The molecule has 6 heteroatoms. The highest BCUT2D eigenvalue weighted by molar-refractivity contribution is 5.89. The van der Waals surface area contributed by atoms with Crippen molar-refractivity contribution in [2.75, 3.05) is 19.6 Å². The lowest BCUT2D eigenvalue weighted by molar-refractivity contribution is -0.140. The van der Waals surface area contributed by atoms with E-state index in [0.29, 0.717) is 38.5 Å². The van der Waals surface area contributed by atoms with Gasteiger partial charge in [-0.2, -0.15) is 0 Å². The molecule has 4 heterocycles. The van der Waals surface area contributed by atoms with Crippen LogP contribution in [0.15, 0.2) is 48.9 Å². The van der Waals surface area contributed by atoms with E-state index < -0.39 is 0 Å². The number of nitrogens with zero attached hydrogens (tertiary/aromatic N) is 4. The zero-order valence-corrected chi connectivity index (χ0v) is 13.9. The molecule has 25 heavy (non-hydrogen) atoms. The first-order chi connectivity index (χ1) is 12.2. The predicted molar refractivity (Wildman–Crippen MR) is 91.3 cm³/mol. The zero-order chi connectivity index (χ0) is 17.2. The Balaban J connectivity index is 1.33. The van der Waals surface area contributed by atoms with Crippen LogP contribution in [-0.2, 0) is 16.1 Å². The van der Waals surface area contributed by atoms with E-state index in [1.165, 1.54) is 0 Å². The molecule has 0 unspecified atom stereocenters. The summed E-state index contributed by atoms with van der Waals surface area (Å²) in [6.07, 6.45) is 5.54. The summed E-state index contributed by atoms with van der Waals surface area (Å²) in [5.74, 6) is 0.240. The van der Waals surface area contributed by atoms with Gasteiger partial charge in [0.2, 0.25) is 11.8 Å². The van der Waals surface area contributed by atoms with Gasteiger partial charge in [0.1, 0.15) is 0 Å². The maximum absolute atomic E-state index is 12.7. The fourth-order valence-electron chi connectivity index (χ4n) is 3.52. The fraction of sp³-hybridized carbons (Fsp3) is 0.368. The van der Waals surface area contributed by atoms with Crippen LogP contribution in [0.3, 0.4) is 0 Å². The highest BCUT2D eigenvalue weighted by Crippen LogP contribution is 2.29. The van der Waals surface area contributed by atoms with E-state index in [-0.39, 0.29) is 17.7 Å². The van der Waals surface area contributed by atoms with E-state index in [9.17, 15) is 9.59 Å². The van der Waals surface area contributed by atoms with Crippen LogP contribution in [-0.4, -0.2) is 51.2 Å². The van der Waals surface area contributed by atoms with Crippen LogP contribution >= 0.6 is 0 Å². The lowest BCUT2D eigenvalue weighted by Crippen LogP contribution is -2.51. The molecule has 2 aliphatic heterocycles. The Labute approximate surface area is 146 Å². The number of amides is 2. The van der Waals surface area contributed by atoms with Crippen molar-refractivity contribution in [3.8, 4) is 0 Å². The second-order valence-electron chi connectivity index (χ2n) is 6.73. The summed E-state index contributed by atoms with van der Waals surface area (Å²) in [4.78, 5) is 36.9. The maximum atomic E-state index is 12.7. The number of hydrogen-bond acceptors (Lipinski definition) is 4. The van der Waals surface area contributed by atoms with Crippen molar-refractivity contribution in [3.63, 3.8) is 0 Å². The number of aromatic nitrogens is 2. The molecule has 0 saturated carbocycles. The molecule has 0 spiro atoms. The van der Waals surface area contributed by atoms with Gasteiger partial charge in [-0.05, 0) is 29.8 Å². The minimum Gasteiger partial charge on any atom is -0.341 e. The largest absolute Gasteiger partial charge is 0.341 e. The van der Waals surface area contributed by atoms with Gasteiger partial charge >= 0.3 is 0 Å². The topological polar surface area (TPSA) is 66.4 Å². The average molecular weight is 336 g/mol. The Kier molecular flexibility index (Phi) is 4.17. The van der Waals surface area contributed by atoms with Crippen molar-refractivity contribution in [3.05, 3.63) is 60.2 Å². The maximum Gasteiger partial charge on any atom is 0.228 e. The number of carbonyl (C=O) groups excluding carboxylic acids is 2. The number of carbonyl (C=O) groups is 2. The predicted octanol–water partition coefficient (Wildman–Crippen LogP) is 1.45. The van der Waals surface area contributed by atoms with Crippen molar-refractivity contribution >= 4 is 11.8 Å². The molecule has 2 saturated heterocycles. The van der Waals surface area contributed by atoms with Gasteiger partial charge in [0, 0.05) is 62.8 Å².